The normalized spacial score (nSPS) is 11.2. The van der Waals surface area contributed by atoms with Gasteiger partial charge in [0.2, 0.25) is 0 Å². The maximum atomic E-state index is 5.89. The van der Waals surface area contributed by atoms with Crippen LogP contribution >= 0.6 is 0 Å². The second kappa shape index (κ2) is 6.91. The Balaban J connectivity index is 1.61. The van der Waals surface area contributed by atoms with Crippen LogP contribution in [0.1, 0.15) is 11.4 Å². The number of fused-ring (bicyclic) bond motifs is 3. The lowest BCUT2D eigenvalue weighted by molar-refractivity contribution is 0.201. The summed E-state index contributed by atoms with van der Waals surface area (Å²) in [5.41, 5.74) is 3.89. The van der Waals surface area contributed by atoms with Crippen LogP contribution in [0.2, 0.25) is 0 Å². The van der Waals surface area contributed by atoms with Gasteiger partial charge in [-0.05, 0) is 17.7 Å². The van der Waals surface area contributed by atoms with Crippen molar-refractivity contribution in [1.29, 1.82) is 0 Å². The molecule has 0 saturated heterocycles. The zero-order chi connectivity index (χ0) is 17.1. The Morgan fingerprint density at radius 1 is 1.08 bits per heavy atom. The first kappa shape index (κ1) is 15.6. The van der Waals surface area contributed by atoms with Gasteiger partial charge in [0, 0.05) is 25.0 Å². The first-order valence-corrected chi connectivity index (χ1v) is 8.26. The van der Waals surface area contributed by atoms with Gasteiger partial charge in [-0.25, -0.2) is 4.98 Å². The lowest BCUT2D eigenvalue weighted by atomic mass is 10.2. The van der Waals surface area contributed by atoms with Crippen LogP contribution in [0.4, 0.5) is 0 Å². The summed E-state index contributed by atoms with van der Waals surface area (Å²) in [5, 5.41) is 1.02. The number of rotatable bonds is 6. The molecule has 5 heteroatoms. The molecule has 0 spiro atoms. The largest absolute Gasteiger partial charge is 0.489 e. The summed E-state index contributed by atoms with van der Waals surface area (Å²) in [6.07, 6.45) is 2.58. The highest BCUT2D eigenvalue weighted by atomic mass is 16.5. The fourth-order valence-corrected chi connectivity index (χ4v) is 2.84. The molecule has 0 aliphatic heterocycles. The second-order valence-electron chi connectivity index (χ2n) is 5.90. The molecule has 1 N–H and O–H groups in total. The van der Waals surface area contributed by atoms with Crippen LogP contribution in [0.25, 0.3) is 21.9 Å². The zero-order valence-electron chi connectivity index (χ0n) is 14.0. The molecule has 0 unspecified atom stereocenters. The minimum atomic E-state index is 0.540. The van der Waals surface area contributed by atoms with Crippen molar-refractivity contribution in [3.8, 4) is 5.75 Å². The number of imidazole rings is 1. The summed E-state index contributed by atoms with van der Waals surface area (Å²) in [6.45, 7) is 1.18. The molecule has 2 heterocycles. The number of aromatic nitrogens is 3. The van der Waals surface area contributed by atoms with E-state index in [9.17, 15) is 0 Å². The molecule has 0 atom stereocenters. The molecule has 0 aliphatic carbocycles. The van der Waals surface area contributed by atoms with E-state index in [4.69, 9.17) is 9.47 Å². The fourth-order valence-electron chi connectivity index (χ4n) is 2.84. The number of benzene rings is 2. The molecule has 25 heavy (non-hydrogen) atoms. The van der Waals surface area contributed by atoms with Crippen molar-refractivity contribution < 1.29 is 9.47 Å². The van der Waals surface area contributed by atoms with Crippen molar-refractivity contribution >= 4 is 21.9 Å². The van der Waals surface area contributed by atoms with E-state index in [0.717, 1.165) is 45.5 Å². The van der Waals surface area contributed by atoms with Gasteiger partial charge in [0.25, 0.3) is 0 Å². The molecule has 0 bridgehead atoms. The molecule has 4 aromatic rings. The fraction of sp³-hybridized carbons (Fsp3) is 0.200. The Bertz CT molecular complexity index is 996. The van der Waals surface area contributed by atoms with Crippen LogP contribution in [-0.4, -0.2) is 28.7 Å². The lowest BCUT2D eigenvalue weighted by Crippen LogP contribution is -1.95. The van der Waals surface area contributed by atoms with Gasteiger partial charge in [-0.15, -0.1) is 0 Å². The average Bonchev–Trinajstić information content (AvgIpc) is 3.08. The van der Waals surface area contributed by atoms with Gasteiger partial charge in [0.15, 0.2) is 0 Å². The SMILES string of the molecule is COCCc1nc2c(cnc3cc(OCc4ccccc4)ccc32)[nH]1. The quantitative estimate of drug-likeness (QED) is 0.582. The van der Waals surface area contributed by atoms with E-state index >= 15 is 0 Å². The average molecular weight is 333 g/mol. The molecule has 5 nitrogen and oxygen atoms in total. The molecule has 2 aromatic heterocycles. The van der Waals surface area contributed by atoms with Crippen LogP contribution in [0.5, 0.6) is 5.75 Å². The summed E-state index contributed by atoms with van der Waals surface area (Å²) in [7, 11) is 1.69. The Kier molecular flexibility index (Phi) is 4.31. The molecular weight excluding hydrogens is 314 g/mol. The van der Waals surface area contributed by atoms with Crippen LogP contribution < -0.4 is 4.74 Å². The van der Waals surface area contributed by atoms with E-state index in [0.29, 0.717) is 13.2 Å². The number of hydrogen-bond donors (Lipinski definition) is 1. The lowest BCUT2D eigenvalue weighted by Gasteiger charge is -2.07. The maximum absolute atomic E-state index is 5.89. The Labute approximate surface area is 145 Å². The van der Waals surface area contributed by atoms with E-state index in [1.807, 2.05) is 54.7 Å². The molecule has 0 radical (unpaired) electrons. The van der Waals surface area contributed by atoms with Crippen molar-refractivity contribution in [3.05, 3.63) is 66.1 Å². The van der Waals surface area contributed by atoms with Crippen LogP contribution in [0, 0.1) is 0 Å². The van der Waals surface area contributed by atoms with Gasteiger partial charge >= 0.3 is 0 Å². The van der Waals surface area contributed by atoms with Crippen molar-refractivity contribution in [1.82, 2.24) is 15.0 Å². The monoisotopic (exact) mass is 333 g/mol. The number of nitrogens with zero attached hydrogens (tertiary/aromatic N) is 2. The van der Waals surface area contributed by atoms with Gasteiger partial charge in [-0.1, -0.05) is 30.3 Å². The predicted molar refractivity (Wildman–Crippen MR) is 97.7 cm³/mol. The second-order valence-corrected chi connectivity index (χ2v) is 5.90. The summed E-state index contributed by atoms with van der Waals surface area (Å²) in [5.74, 6) is 1.72. The van der Waals surface area contributed by atoms with Gasteiger partial charge in [0.05, 0.1) is 29.4 Å². The predicted octanol–water partition coefficient (Wildman–Crippen LogP) is 3.88. The highest BCUT2D eigenvalue weighted by molar-refractivity contribution is 6.02. The highest BCUT2D eigenvalue weighted by Gasteiger charge is 2.09. The van der Waals surface area contributed by atoms with Gasteiger partial charge in [0.1, 0.15) is 18.2 Å². The van der Waals surface area contributed by atoms with E-state index in [-0.39, 0.29) is 0 Å². The molecule has 2 aromatic carbocycles. The Morgan fingerprint density at radius 2 is 1.96 bits per heavy atom. The summed E-state index contributed by atoms with van der Waals surface area (Å²) < 4.78 is 11.0. The van der Waals surface area contributed by atoms with Crippen molar-refractivity contribution in [2.45, 2.75) is 13.0 Å². The number of hydrogen-bond acceptors (Lipinski definition) is 4. The number of H-pyrrole nitrogens is 1. The number of nitrogens with one attached hydrogen (secondary N) is 1. The van der Waals surface area contributed by atoms with E-state index in [2.05, 4.69) is 15.0 Å². The van der Waals surface area contributed by atoms with Gasteiger partial charge in [-0.3, -0.25) is 4.98 Å². The van der Waals surface area contributed by atoms with Crippen LogP contribution in [0.15, 0.2) is 54.7 Å². The molecule has 0 saturated carbocycles. The first-order chi connectivity index (χ1) is 12.3. The number of pyridine rings is 1. The third-order valence-electron chi connectivity index (χ3n) is 4.13. The maximum Gasteiger partial charge on any atom is 0.122 e. The summed E-state index contributed by atoms with van der Waals surface area (Å²) in [4.78, 5) is 12.5. The minimum absolute atomic E-state index is 0.540. The Hall–Kier alpha value is -2.92. The van der Waals surface area contributed by atoms with E-state index in [1.165, 1.54) is 0 Å². The third kappa shape index (κ3) is 3.32. The summed E-state index contributed by atoms with van der Waals surface area (Å²) in [6, 6.07) is 16.1. The topological polar surface area (TPSA) is 60.0 Å². The minimum Gasteiger partial charge on any atom is -0.489 e. The highest BCUT2D eigenvalue weighted by Crippen LogP contribution is 2.26. The first-order valence-electron chi connectivity index (χ1n) is 8.26. The molecule has 4 rings (SSSR count). The van der Waals surface area contributed by atoms with E-state index < -0.39 is 0 Å². The summed E-state index contributed by atoms with van der Waals surface area (Å²) >= 11 is 0. The Morgan fingerprint density at radius 3 is 2.80 bits per heavy atom. The molecule has 0 amide bonds. The number of methoxy groups -OCH3 is 1. The standard InChI is InChI=1S/C20H19N3O2/c1-24-10-9-19-22-18-12-21-17-11-15(7-8-16(17)20(18)23-19)25-13-14-5-3-2-4-6-14/h2-8,11-12H,9-10,13H2,1H3,(H,22,23). The zero-order valence-corrected chi connectivity index (χ0v) is 14.0. The number of ether oxygens (including phenoxy) is 2. The molecular formula is C20H19N3O2. The van der Waals surface area contributed by atoms with Crippen molar-refractivity contribution in [2.24, 2.45) is 0 Å². The van der Waals surface area contributed by atoms with Crippen molar-refractivity contribution in [2.75, 3.05) is 13.7 Å². The van der Waals surface area contributed by atoms with Gasteiger partial charge in [-0.2, -0.15) is 0 Å². The van der Waals surface area contributed by atoms with Crippen LogP contribution in [0.3, 0.4) is 0 Å². The molecule has 0 fully saturated rings. The number of aromatic amines is 1. The van der Waals surface area contributed by atoms with E-state index in [1.54, 1.807) is 7.11 Å². The van der Waals surface area contributed by atoms with Gasteiger partial charge < -0.3 is 14.5 Å². The smallest absolute Gasteiger partial charge is 0.122 e. The molecule has 0 aliphatic rings. The van der Waals surface area contributed by atoms with Crippen molar-refractivity contribution in [3.63, 3.8) is 0 Å². The van der Waals surface area contributed by atoms with Crippen LogP contribution in [-0.2, 0) is 17.8 Å². The molecule has 126 valence electrons. The third-order valence-corrected chi connectivity index (χ3v) is 4.13.